The minimum Gasteiger partial charge on any atom is -0.453 e. The fourth-order valence-electron chi connectivity index (χ4n) is 1.82. The number of anilines is 1. The number of hydrogen-bond donors (Lipinski definition) is 1. The van der Waals surface area contributed by atoms with Gasteiger partial charge in [-0.3, -0.25) is 9.59 Å². The van der Waals surface area contributed by atoms with Crippen molar-refractivity contribution in [3.8, 4) is 0 Å². The predicted octanol–water partition coefficient (Wildman–Crippen LogP) is 4.04. The topological polar surface area (TPSA) is 55.4 Å². The molecule has 1 atom stereocenters. The van der Waals surface area contributed by atoms with E-state index in [0.29, 0.717) is 6.42 Å². The number of hydrogen-bond acceptors (Lipinski definition) is 4. The van der Waals surface area contributed by atoms with Crippen LogP contribution in [0.3, 0.4) is 0 Å². The van der Waals surface area contributed by atoms with Crippen molar-refractivity contribution in [3.05, 3.63) is 51.4 Å². The molecule has 1 heterocycles. The Kier molecular flexibility index (Phi) is 6.12. The Morgan fingerprint density at radius 3 is 2.83 bits per heavy atom. The summed E-state index contributed by atoms with van der Waals surface area (Å²) in [5.41, 5.74) is 1.04. The molecule has 0 radical (unpaired) electrons. The standard InChI is InChI=1S/C16H15ClFNO3S/c1-10(22-15(20)5-2-11-6-7-23-9-11)16(21)19-14-4-3-12(17)8-13(14)18/h3-4,6-10H,2,5H2,1H3,(H,19,21)/t10-/m1/s1. The molecule has 0 aliphatic heterocycles. The van der Waals surface area contributed by atoms with Gasteiger partial charge in [-0.25, -0.2) is 4.39 Å². The molecule has 0 aliphatic rings. The zero-order valence-corrected chi connectivity index (χ0v) is 13.9. The number of thiophene rings is 1. The Hall–Kier alpha value is -1.92. The second-order valence-corrected chi connectivity index (χ2v) is 6.09. The maximum Gasteiger partial charge on any atom is 0.306 e. The predicted molar refractivity (Wildman–Crippen MR) is 88.2 cm³/mol. The first-order chi connectivity index (χ1) is 11.0. The lowest BCUT2D eigenvalue weighted by atomic mass is 10.2. The van der Waals surface area contributed by atoms with Crippen LogP contribution in [0.1, 0.15) is 18.9 Å². The van der Waals surface area contributed by atoms with E-state index in [1.54, 1.807) is 11.3 Å². The van der Waals surface area contributed by atoms with Crippen molar-refractivity contribution in [2.75, 3.05) is 5.32 Å². The van der Waals surface area contributed by atoms with Crippen LogP contribution < -0.4 is 5.32 Å². The van der Waals surface area contributed by atoms with Crippen LogP contribution >= 0.6 is 22.9 Å². The van der Waals surface area contributed by atoms with Crippen LogP contribution in [0, 0.1) is 5.82 Å². The minimum absolute atomic E-state index is 0.0134. The highest BCUT2D eigenvalue weighted by Gasteiger charge is 2.19. The van der Waals surface area contributed by atoms with Crippen molar-refractivity contribution >= 4 is 40.5 Å². The number of ether oxygens (including phenoxy) is 1. The molecule has 0 aliphatic carbocycles. The van der Waals surface area contributed by atoms with Crippen molar-refractivity contribution in [3.63, 3.8) is 0 Å². The lowest BCUT2D eigenvalue weighted by Crippen LogP contribution is -2.30. The van der Waals surface area contributed by atoms with E-state index < -0.39 is 23.8 Å². The maximum atomic E-state index is 13.6. The van der Waals surface area contributed by atoms with Crippen LogP contribution in [-0.4, -0.2) is 18.0 Å². The van der Waals surface area contributed by atoms with Gasteiger partial charge in [0.25, 0.3) is 5.91 Å². The molecule has 0 bridgehead atoms. The van der Waals surface area contributed by atoms with E-state index in [-0.39, 0.29) is 17.1 Å². The molecule has 1 N–H and O–H groups in total. The minimum atomic E-state index is -1.01. The van der Waals surface area contributed by atoms with E-state index in [2.05, 4.69) is 5.32 Å². The number of aryl methyl sites for hydroxylation is 1. The molecule has 23 heavy (non-hydrogen) atoms. The molecule has 1 amide bonds. The number of rotatable bonds is 6. The molecule has 0 spiro atoms. The molecule has 2 rings (SSSR count). The summed E-state index contributed by atoms with van der Waals surface area (Å²) in [4.78, 5) is 23.7. The summed E-state index contributed by atoms with van der Waals surface area (Å²) in [6.07, 6.45) is -0.272. The molecule has 7 heteroatoms. The number of carbonyl (C=O) groups excluding carboxylic acids is 2. The number of benzene rings is 1. The van der Waals surface area contributed by atoms with Crippen LogP contribution in [0.2, 0.25) is 5.02 Å². The highest BCUT2D eigenvalue weighted by atomic mass is 35.5. The monoisotopic (exact) mass is 355 g/mol. The maximum absolute atomic E-state index is 13.6. The second kappa shape index (κ2) is 8.08. The summed E-state index contributed by atoms with van der Waals surface area (Å²) >= 11 is 7.19. The zero-order chi connectivity index (χ0) is 16.8. The number of esters is 1. The molecule has 122 valence electrons. The van der Waals surface area contributed by atoms with Gasteiger partial charge in [0, 0.05) is 11.4 Å². The van der Waals surface area contributed by atoms with Gasteiger partial charge in [-0.05, 0) is 53.9 Å². The molecule has 0 saturated heterocycles. The number of halogens is 2. The summed E-state index contributed by atoms with van der Waals surface area (Å²) in [7, 11) is 0. The van der Waals surface area contributed by atoms with Crippen molar-refractivity contribution in [1.82, 2.24) is 0 Å². The van der Waals surface area contributed by atoms with Gasteiger partial charge in [0.05, 0.1) is 5.69 Å². The molecule has 0 fully saturated rings. The van der Waals surface area contributed by atoms with Gasteiger partial charge in [0.1, 0.15) is 5.82 Å². The average molecular weight is 356 g/mol. The summed E-state index contributed by atoms with van der Waals surface area (Å²) in [5.74, 6) is -1.73. The van der Waals surface area contributed by atoms with Gasteiger partial charge in [-0.2, -0.15) is 11.3 Å². The number of nitrogens with one attached hydrogen (secondary N) is 1. The highest BCUT2D eigenvalue weighted by Crippen LogP contribution is 2.19. The van der Waals surface area contributed by atoms with Gasteiger partial charge in [0.2, 0.25) is 0 Å². The summed E-state index contributed by atoms with van der Waals surface area (Å²) in [5, 5.41) is 6.47. The summed E-state index contributed by atoms with van der Waals surface area (Å²) < 4.78 is 18.7. The first kappa shape index (κ1) is 17.4. The highest BCUT2D eigenvalue weighted by molar-refractivity contribution is 7.07. The van der Waals surface area contributed by atoms with Gasteiger partial charge >= 0.3 is 5.97 Å². The van der Waals surface area contributed by atoms with Crippen molar-refractivity contribution in [2.45, 2.75) is 25.9 Å². The van der Waals surface area contributed by atoms with Crippen LogP contribution in [0.5, 0.6) is 0 Å². The van der Waals surface area contributed by atoms with Crippen LogP contribution in [0.4, 0.5) is 10.1 Å². The molecular weight excluding hydrogens is 341 g/mol. The summed E-state index contributed by atoms with van der Waals surface area (Å²) in [6.45, 7) is 1.44. The van der Waals surface area contributed by atoms with Crippen LogP contribution in [0.25, 0.3) is 0 Å². The van der Waals surface area contributed by atoms with Crippen molar-refractivity contribution in [1.29, 1.82) is 0 Å². The lowest BCUT2D eigenvalue weighted by molar-refractivity contribution is -0.153. The van der Waals surface area contributed by atoms with Crippen LogP contribution in [-0.2, 0) is 20.7 Å². The number of amides is 1. The molecule has 4 nitrogen and oxygen atoms in total. The Morgan fingerprint density at radius 2 is 2.17 bits per heavy atom. The van der Waals surface area contributed by atoms with Gasteiger partial charge in [-0.1, -0.05) is 11.6 Å². The van der Waals surface area contributed by atoms with E-state index in [0.717, 1.165) is 11.6 Å². The number of carbonyl (C=O) groups is 2. The summed E-state index contributed by atoms with van der Waals surface area (Å²) in [6, 6.07) is 5.82. The van der Waals surface area contributed by atoms with E-state index >= 15 is 0 Å². The fraction of sp³-hybridized carbons (Fsp3) is 0.250. The van der Waals surface area contributed by atoms with Gasteiger partial charge < -0.3 is 10.1 Å². The third-order valence-electron chi connectivity index (χ3n) is 3.06. The quantitative estimate of drug-likeness (QED) is 0.795. The smallest absolute Gasteiger partial charge is 0.306 e. The van der Waals surface area contributed by atoms with E-state index in [1.807, 2.05) is 16.8 Å². The van der Waals surface area contributed by atoms with Crippen molar-refractivity contribution in [2.24, 2.45) is 0 Å². The normalized spacial score (nSPS) is 11.8. The average Bonchev–Trinajstić information content (AvgIpc) is 3.01. The Morgan fingerprint density at radius 1 is 1.39 bits per heavy atom. The Bertz CT molecular complexity index is 691. The zero-order valence-electron chi connectivity index (χ0n) is 12.3. The van der Waals surface area contributed by atoms with E-state index in [4.69, 9.17) is 16.3 Å². The Balaban J connectivity index is 1.83. The SMILES string of the molecule is C[C@@H](OC(=O)CCc1ccsc1)C(=O)Nc1ccc(Cl)cc1F. The van der Waals surface area contributed by atoms with Crippen LogP contribution in [0.15, 0.2) is 35.0 Å². The second-order valence-electron chi connectivity index (χ2n) is 4.88. The largest absolute Gasteiger partial charge is 0.453 e. The third kappa shape index (κ3) is 5.33. The Labute approximate surface area is 142 Å². The molecule has 0 unspecified atom stereocenters. The fourth-order valence-corrected chi connectivity index (χ4v) is 2.68. The van der Waals surface area contributed by atoms with E-state index in [9.17, 15) is 14.0 Å². The molecular formula is C16H15ClFNO3S. The molecule has 0 saturated carbocycles. The van der Waals surface area contributed by atoms with Crippen molar-refractivity contribution < 1.29 is 18.7 Å². The van der Waals surface area contributed by atoms with Gasteiger partial charge in [-0.15, -0.1) is 0 Å². The third-order valence-corrected chi connectivity index (χ3v) is 4.03. The lowest BCUT2D eigenvalue weighted by Gasteiger charge is -2.14. The first-order valence-corrected chi connectivity index (χ1v) is 8.24. The molecule has 1 aromatic carbocycles. The molecule has 2 aromatic rings. The molecule has 1 aromatic heterocycles. The van der Waals surface area contributed by atoms with E-state index in [1.165, 1.54) is 19.1 Å². The first-order valence-electron chi connectivity index (χ1n) is 6.92. The van der Waals surface area contributed by atoms with Gasteiger partial charge in [0.15, 0.2) is 6.10 Å².